The first-order valence-electron chi connectivity index (χ1n) is 5.73. The predicted octanol–water partition coefficient (Wildman–Crippen LogP) is 4.57. The van der Waals surface area contributed by atoms with Crippen molar-refractivity contribution < 1.29 is 0 Å². The summed E-state index contributed by atoms with van der Waals surface area (Å²) >= 11 is 0. The number of allylic oxidation sites excluding steroid dienone is 8. The van der Waals surface area contributed by atoms with Gasteiger partial charge in [0.1, 0.15) is 0 Å². The molecule has 0 saturated carbocycles. The molecule has 0 aromatic heterocycles. The first-order chi connectivity index (χ1) is 6.96. The summed E-state index contributed by atoms with van der Waals surface area (Å²) in [7, 11) is 0. The minimum atomic E-state index is 0.217. The quantitative estimate of drug-likeness (QED) is 0.582. The van der Waals surface area contributed by atoms with Crippen LogP contribution in [0.15, 0.2) is 46.1 Å². The topological polar surface area (TPSA) is 0 Å². The van der Waals surface area contributed by atoms with E-state index in [1.165, 1.54) is 27.9 Å². The van der Waals surface area contributed by atoms with Crippen molar-refractivity contribution in [2.24, 2.45) is 5.41 Å². The molecular formula is C15H20. The van der Waals surface area contributed by atoms with E-state index < -0.39 is 0 Å². The highest BCUT2D eigenvalue weighted by molar-refractivity contribution is 5.61. The van der Waals surface area contributed by atoms with Crippen molar-refractivity contribution in [1.29, 1.82) is 0 Å². The van der Waals surface area contributed by atoms with Crippen LogP contribution in [-0.2, 0) is 0 Å². The van der Waals surface area contributed by atoms with Gasteiger partial charge in [0.15, 0.2) is 0 Å². The van der Waals surface area contributed by atoms with Crippen LogP contribution in [0.4, 0.5) is 0 Å². The van der Waals surface area contributed by atoms with E-state index in [0.717, 1.165) is 6.42 Å². The molecule has 0 amide bonds. The molecule has 0 aliphatic heterocycles. The van der Waals surface area contributed by atoms with Gasteiger partial charge in [-0.05, 0) is 49.5 Å². The SMILES string of the molecule is CC1=C(C)C(C)(C)C(C2=CCC=C2)=C1C. The minimum Gasteiger partial charge on any atom is -0.0801 e. The summed E-state index contributed by atoms with van der Waals surface area (Å²) in [5.74, 6) is 0. The smallest absolute Gasteiger partial charge is 0.0117 e. The lowest BCUT2D eigenvalue weighted by Gasteiger charge is -2.26. The maximum Gasteiger partial charge on any atom is 0.0117 e. The second kappa shape index (κ2) is 3.23. The molecule has 0 fully saturated rings. The monoisotopic (exact) mass is 200 g/mol. The standard InChI is InChI=1S/C15H20/c1-10-11(2)14(13-8-6-7-9-13)15(4,5)12(10)3/h6,8-9H,7H2,1-5H3. The van der Waals surface area contributed by atoms with E-state index >= 15 is 0 Å². The summed E-state index contributed by atoms with van der Waals surface area (Å²) < 4.78 is 0. The zero-order chi connectivity index (χ0) is 11.2. The Morgan fingerprint density at radius 3 is 2.13 bits per heavy atom. The lowest BCUT2D eigenvalue weighted by atomic mass is 9.78. The van der Waals surface area contributed by atoms with Crippen LogP contribution in [0.2, 0.25) is 0 Å². The lowest BCUT2D eigenvalue weighted by molar-refractivity contribution is 0.556. The van der Waals surface area contributed by atoms with Gasteiger partial charge in [-0.1, -0.05) is 37.6 Å². The van der Waals surface area contributed by atoms with Gasteiger partial charge in [-0.15, -0.1) is 0 Å². The first kappa shape index (κ1) is 10.5. The third-order valence-electron chi connectivity index (χ3n) is 4.12. The molecule has 0 atom stereocenters. The maximum absolute atomic E-state index is 2.34. The molecule has 0 heteroatoms. The molecule has 0 aromatic carbocycles. The lowest BCUT2D eigenvalue weighted by Crippen LogP contribution is -2.14. The molecule has 2 rings (SSSR count). The van der Waals surface area contributed by atoms with Gasteiger partial charge in [0.05, 0.1) is 0 Å². The van der Waals surface area contributed by atoms with E-state index in [2.05, 4.69) is 52.8 Å². The van der Waals surface area contributed by atoms with E-state index in [9.17, 15) is 0 Å². The average molecular weight is 200 g/mol. The summed E-state index contributed by atoms with van der Waals surface area (Å²) in [6, 6.07) is 0. The summed E-state index contributed by atoms with van der Waals surface area (Å²) in [6.45, 7) is 11.5. The molecule has 0 N–H and O–H groups in total. The fraction of sp³-hybridized carbons (Fsp3) is 0.467. The van der Waals surface area contributed by atoms with Crippen LogP contribution in [-0.4, -0.2) is 0 Å². The third-order valence-corrected chi connectivity index (χ3v) is 4.12. The molecule has 0 nitrogen and oxygen atoms in total. The Balaban J connectivity index is 2.55. The second-order valence-electron chi connectivity index (χ2n) is 5.17. The highest BCUT2D eigenvalue weighted by atomic mass is 14.4. The Hall–Kier alpha value is -1.04. The fourth-order valence-electron chi connectivity index (χ4n) is 2.81. The van der Waals surface area contributed by atoms with Gasteiger partial charge in [-0.25, -0.2) is 0 Å². The van der Waals surface area contributed by atoms with E-state index in [0.29, 0.717) is 0 Å². The van der Waals surface area contributed by atoms with Crippen molar-refractivity contribution >= 4 is 0 Å². The second-order valence-corrected chi connectivity index (χ2v) is 5.17. The predicted molar refractivity (Wildman–Crippen MR) is 66.7 cm³/mol. The van der Waals surface area contributed by atoms with Gasteiger partial charge >= 0.3 is 0 Å². The van der Waals surface area contributed by atoms with Crippen molar-refractivity contribution in [2.75, 3.05) is 0 Å². The molecule has 0 bridgehead atoms. The molecule has 0 aromatic rings. The first-order valence-corrected chi connectivity index (χ1v) is 5.73. The Morgan fingerprint density at radius 1 is 1.07 bits per heavy atom. The average Bonchev–Trinajstić information content (AvgIpc) is 2.72. The molecule has 2 aliphatic rings. The van der Waals surface area contributed by atoms with E-state index in [4.69, 9.17) is 0 Å². The number of hydrogen-bond acceptors (Lipinski definition) is 0. The van der Waals surface area contributed by atoms with Crippen LogP contribution in [0.25, 0.3) is 0 Å². The molecule has 80 valence electrons. The Kier molecular flexibility index (Phi) is 2.26. The van der Waals surface area contributed by atoms with Crippen molar-refractivity contribution in [2.45, 2.75) is 41.0 Å². The highest BCUT2D eigenvalue weighted by Gasteiger charge is 2.35. The van der Waals surface area contributed by atoms with E-state index in [-0.39, 0.29) is 5.41 Å². The Morgan fingerprint density at radius 2 is 1.73 bits per heavy atom. The largest absolute Gasteiger partial charge is 0.0801 e. The van der Waals surface area contributed by atoms with Crippen molar-refractivity contribution in [1.82, 2.24) is 0 Å². The molecule has 0 spiro atoms. The van der Waals surface area contributed by atoms with Gasteiger partial charge in [-0.3, -0.25) is 0 Å². The number of hydrogen-bond donors (Lipinski definition) is 0. The molecular weight excluding hydrogens is 180 g/mol. The van der Waals surface area contributed by atoms with Crippen LogP contribution in [0.5, 0.6) is 0 Å². The summed E-state index contributed by atoms with van der Waals surface area (Å²) in [4.78, 5) is 0. The molecule has 0 radical (unpaired) electrons. The van der Waals surface area contributed by atoms with Gasteiger partial charge in [0.25, 0.3) is 0 Å². The van der Waals surface area contributed by atoms with E-state index in [1.54, 1.807) is 0 Å². The Bertz CT molecular complexity index is 423. The van der Waals surface area contributed by atoms with Gasteiger partial charge in [0.2, 0.25) is 0 Å². The zero-order valence-corrected chi connectivity index (χ0v) is 10.4. The molecule has 0 heterocycles. The van der Waals surface area contributed by atoms with Crippen LogP contribution >= 0.6 is 0 Å². The van der Waals surface area contributed by atoms with Gasteiger partial charge < -0.3 is 0 Å². The third kappa shape index (κ3) is 1.35. The van der Waals surface area contributed by atoms with Crippen molar-refractivity contribution in [3.8, 4) is 0 Å². The molecule has 0 unspecified atom stereocenters. The summed E-state index contributed by atoms with van der Waals surface area (Å²) in [5, 5.41) is 0. The molecule has 15 heavy (non-hydrogen) atoms. The van der Waals surface area contributed by atoms with Crippen LogP contribution in [0, 0.1) is 5.41 Å². The number of rotatable bonds is 1. The normalized spacial score (nSPS) is 24.2. The van der Waals surface area contributed by atoms with Crippen LogP contribution < -0.4 is 0 Å². The Labute approximate surface area is 93.1 Å². The maximum atomic E-state index is 2.34. The van der Waals surface area contributed by atoms with Gasteiger partial charge in [0, 0.05) is 5.41 Å². The summed E-state index contributed by atoms with van der Waals surface area (Å²) in [6.07, 6.45) is 7.95. The fourth-order valence-corrected chi connectivity index (χ4v) is 2.81. The minimum absolute atomic E-state index is 0.217. The highest BCUT2D eigenvalue weighted by Crippen LogP contribution is 2.49. The summed E-state index contributed by atoms with van der Waals surface area (Å²) in [5.41, 5.74) is 7.68. The van der Waals surface area contributed by atoms with Crippen molar-refractivity contribution in [3.05, 3.63) is 46.1 Å². The van der Waals surface area contributed by atoms with E-state index in [1.807, 2.05) is 0 Å². The molecule has 2 aliphatic carbocycles. The zero-order valence-electron chi connectivity index (χ0n) is 10.4. The van der Waals surface area contributed by atoms with Crippen LogP contribution in [0.3, 0.4) is 0 Å². The van der Waals surface area contributed by atoms with Crippen LogP contribution in [0.1, 0.15) is 41.0 Å². The van der Waals surface area contributed by atoms with Gasteiger partial charge in [-0.2, -0.15) is 0 Å². The molecule has 0 saturated heterocycles. The van der Waals surface area contributed by atoms with Crippen molar-refractivity contribution in [3.63, 3.8) is 0 Å².